The van der Waals surface area contributed by atoms with Crippen LogP contribution in [0.5, 0.6) is 11.8 Å². The summed E-state index contributed by atoms with van der Waals surface area (Å²) in [5.41, 5.74) is 0.300. The predicted molar refractivity (Wildman–Crippen MR) is 59.9 cm³/mol. The second kappa shape index (κ2) is 4.88. The molecule has 0 aliphatic carbocycles. The number of nitriles is 1. The zero-order valence-corrected chi connectivity index (χ0v) is 8.98. The Morgan fingerprint density at radius 3 is 2.33 bits per heavy atom. The molecule has 88 valence electrons. The summed E-state index contributed by atoms with van der Waals surface area (Å²) in [4.78, 5) is 17.2. The summed E-state index contributed by atoms with van der Waals surface area (Å²) in [6.45, 7) is 0. The fraction of sp³-hybridized carbons (Fsp3) is 0. The molecular formula is C11H6N4O3. The van der Waals surface area contributed by atoms with Crippen molar-refractivity contribution in [3.8, 4) is 17.8 Å². The first-order chi connectivity index (χ1) is 8.69. The minimum absolute atomic E-state index is 0.00491. The maximum Gasteiger partial charge on any atom is 0.322 e. The van der Waals surface area contributed by atoms with Crippen molar-refractivity contribution < 1.29 is 9.66 Å². The number of hydrogen-bond donors (Lipinski definition) is 0. The summed E-state index contributed by atoms with van der Waals surface area (Å²) in [5.74, 6) is 0.447. The van der Waals surface area contributed by atoms with Crippen molar-refractivity contribution in [1.29, 1.82) is 5.26 Å². The fourth-order valence-electron chi connectivity index (χ4n) is 1.16. The molecule has 0 aliphatic rings. The summed E-state index contributed by atoms with van der Waals surface area (Å²) in [5, 5.41) is 19.0. The number of nitrogens with zero attached hydrogens (tertiary/aromatic N) is 4. The summed E-state index contributed by atoms with van der Waals surface area (Å²) in [6.07, 6.45) is 2.12. The van der Waals surface area contributed by atoms with E-state index in [0.717, 1.165) is 12.4 Å². The van der Waals surface area contributed by atoms with Gasteiger partial charge in [-0.3, -0.25) is 10.1 Å². The highest BCUT2D eigenvalue weighted by Crippen LogP contribution is 2.18. The third kappa shape index (κ3) is 2.56. The van der Waals surface area contributed by atoms with Gasteiger partial charge < -0.3 is 4.74 Å². The lowest BCUT2D eigenvalue weighted by Gasteiger charge is -2.02. The van der Waals surface area contributed by atoms with Gasteiger partial charge in [0.05, 0.1) is 16.6 Å². The Bertz CT molecular complexity index is 602. The van der Waals surface area contributed by atoms with Crippen LogP contribution in [0.15, 0.2) is 36.7 Å². The van der Waals surface area contributed by atoms with Crippen molar-refractivity contribution in [2.45, 2.75) is 0 Å². The van der Waals surface area contributed by atoms with E-state index in [4.69, 9.17) is 10.00 Å². The van der Waals surface area contributed by atoms with E-state index in [1.165, 1.54) is 0 Å². The van der Waals surface area contributed by atoms with E-state index >= 15 is 0 Å². The maximum atomic E-state index is 10.4. The van der Waals surface area contributed by atoms with Crippen molar-refractivity contribution in [1.82, 2.24) is 9.97 Å². The van der Waals surface area contributed by atoms with Gasteiger partial charge in [0.25, 0.3) is 0 Å². The maximum absolute atomic E-state index is 10.4. The van der Waals surface area contributed by atoms with Crippen molar-refractivity contribution >= 4 is 5.69 Å². The number of ether oxygens (including phenoxy) is 1. The highest BCUT2D eigenvalue weighted by molar-refractivity contribution is 5.35. The molecule has 0 aliphatic heterocycles. The Morgan fingerprint density at radius 2 is 1.83 bits per heavy atom. The van der Waals surface area contributed by atoms with E-state index in [1.807, 2.05) is 6.07 Å². The lowest BCUT2D eigenvalue weighted by molar-refractivity contribution is -0.385. The topological polar surface area (TPSA) is 102 Å². The van der Waals surface area contributed by atoms with Gasteiger partial charge in [0, 0.05) is 0 Å². The zero-order valence-electron chi connectivity index (χ0n) is 8.98. The fourth-order valence-corrected chi connectivity index (χ4v) is 1.16. The molecule has 1 aromatic heterocycles. The third-order valence-corrected chi connectivity index (χ3v) is 2.02. The van der Waals surface area contributed by atoms with Crippen molar-refractivity contribution in [2.24, 2.45) is 0 Å². The molecule has 0 N–H and O–H groups in total. The predicted octanol–water partition coefficient (Wildman–Crippen LogP) is 2.05. The Labute approximate surface area is 101 Å². The van der Waals surface area contributed by atoms with E-state index in [2.05, 4.69) is 9.97 Å². The van der Waals surface area contributed by atoms with Crippen LogP contribution in [0.25, 0.3) is 0 Å². The van der Waals surface area contributed by atoms with Crippen LogP contribution in [0.4, 0.5) is 5.69 Å². The van der Waals surface area contributed by atoms with Gasteiger partial charge in [0.15, 0.2) is 0 Å². The Morgan fingerprint density at radius 1 is 1.22 bits per heavy atom. The summed E-state index contributed by atoms with van der Waals surface area (Å²) in [6, 6.07) is 8.32. The van der Waals surface area contributed by atoms with Gasteiger partial charge in [-0.15, -0.1) is 0 Å². The monoisotopic (exact) mass is 242 g/mol. The molecule has 0 radical (unpaired) electrons. The molecule has 0 saturated carbocycles. The van der Waals surface area contributed by atoms with Crippen LogP contribution in [0.2, 0.25) is 0 Å². The van der Waals surface area contributed by atoms with Gasteiger partial charge in [-0.25, -0.2) is 0 Å². The molecule has 0 saturated heterocycles. The van der Waals surface area contributed by atoms with E-state index in [0.29, 0.717) is 11.3 Å². The smallest absolute Gasteiger partial charge is 0.322 e. The highest BCUT2D eigenvalue weighted by Gasteiger charge is 2.07. The van der Waals surface area contributed by atoms with Crippen LogP contribution in [0.3, 0.4) is 0 Å². The minimum atomic E-state index is -0.592. The van der Waals surface area contributed by atoms with Gasteiger partial charge in [-0.1, -0.05) is 0 Å². The highest BCUT2D eigenvalue weighted by atomic mass is 16.6. The van der Waals surface area contributed by atoms with Crippen molar-refractivity contribution in [2.75, 3.05) is 0 Å². The van der Waals surface area contributed by atoms with E-state index in [1.54, 1.807) is 24.3 Å². The molecule has 0 atom stereocenters. The van der Waals surface area contributed by atoms with E-state index in [9.17, 15) is 10.1 Å². The molecule has 1 heterocycles. The quantitative estimate of drug-likeness (QED) is 0.602. The molecule has 0 unspecified atom stereocenters. The molecule has 1 aromatic carbocycles. The van der Waals surface area contributed by atoms with Crippen LogP contribution in [0.1, 0.15) is 5.56 Å². The first-order valence-electron chi connectivity index (χ1n) is 4.83. The lowest BCUT2D eigenvalue weighted by atomic mass is 10.2. The average Bonchev–Trinajstić information content (AvgIpc) is 2.40. The summed E-state index contributed by atoms with van der Waals surface area (Å²) >= 11 is 0. The Balaban J connectivity index is 2.13. The SMILES string of the molecule is N#Cc1ccc(Oc2ncc([N+](=O)[O-])cn2)cc1. The Hall–Kier alpha value is -3.01. The molecule has 2 rings (SSSR count). The molecule has 0 spiro atoms. The average molecular weight is 242 g/mol. The number of hydrogen-bond acceptors (Lipinski definition) is 6. The van der Waals surface area contributed by atoms with Crippen molar-refractivity contribution in [3.63, 3.8) is 0 Å². The minimum Gasteiger partial charge on any atom is -0.424 e. The second-order valence-corrected chi connectivity index (χ2v) is 3.22. The van der Waals surface area contributed by atoms with Gasteiger partial charge in [-0.2, -0.15) is 15.2 Å². The van der Waals surface area contributed by atoms with Crippen LogP contribution < -0.4 is 4.74 Å². The first kappa shape index (κ1) is 11.5. The number of aromatic nitrogens is 2. The molecule has 7 nitrogen and oxygen atoms in total. The molecule has 0 amide bonds. The molecule has 18 heavy (non-hydrogen) atoms. The largest absolute Gasteiger partial charge is 0.424 e. The molecular weight excluding hydrogens is 236 g/mol. The van der Waals surface area contributed by atoms with Gasteiger partial charge in [0.1, 0.15) is 18.1 Å². The van der Waals surface area contributed by atoms with Crippen LogP contribution in [0, 0.1) is 21.4 Å². The zero-order chi connectivity index (χ0) is 13.0. The van der Waals surface area contributed by atoms with Crippen molar-refractivity contribution in [3.05, 3.63) is 52.3 Å². The molecule has 2 aromatic rings. The van der Waals surface area contributed by atoms with E-state index < -0.39 is 4.92 Å². The standard InChI is InChI=1S/C11H6N4O3/c12-5-8-1-3-10(4-2-8)18-11-13-6-9(7-14-11)15(16)17/h1-4,6-7H. The van der Waals surface area contributed by atoms with Crippen LogP contribution in [-0.2, 0) is 0 Å². The van der Waals surface area contributed by atoms with Crippen LogP contribution >= 0.6 is 0 Å². The molecule has 7 heteroatoms. The van der Waals surface area contributed by atoms with Gasteiger partial charge in [-0.05, 0) is 24.3 Å². The van der Waals surface area contributed by atoms with Crippen LogP contribution in [-0.4, -0.2) is 14.9 Å². The number of benzene rings is 1. The summed E-state index contributed by atoms with van der Waals surface area (Å²) in [7, 11) is 0. The molecule has 0 bridgehead atoms. The van der Waals surface area contributed by atoms with Gasteiger partial charge >= 0.3 is 11.7 Å². The first-order valence-corrected chi connectivity index (χ1v) is 4.83. The Kier molecular flexibility index (Phi) is 3.11. The third-order valence-electron chi connectivity index (χ3n) is 2.02. The number of nitro groups is 1. The lowest BCUT2D eigenvalue weighted by Crippen LogP contribution is -1.94. The molecule has 0 fully saturated rings. The van der Waals surface area contributed by atoms with Gasteiger partial charge in [0.2, 0.25) is 0 Å². The number of rotatable bonds is 3. The van der Waals surface area contributed by atoms with E-state index in [-0.39, 0.29) is 11.7 Å². The second-order valence-electron chi connectivity index (χ2n) is 3.22. The summed E-state index contributed by atoms with van der Waals surface area (Å²) < 4.78 is 5.26. The normalized spacial score (nSPS) is 9.50.